The van der Waals surface area contributed by atoms with Crippen LogP contribution >= 0.6 is 11.8 Å². The van der Waals surface area contributed by atoms with Crippen LogP contribution in [0, 0.1) is 0 Å². The van der Waals surface area contributed by atoms with Crippen LogP contribution in [0.1, 0.15) is 55.3 Å². The van der Waals surface area contributed by atoms with Gasteiger partial charge in [-0.15, -0.1) is 0 Å². The molecule has 7 heteroatoms. The predicted octanol–water partition coefficient (Wildman–Crippen LogP) is 4.55. The van der Waals surface area contributed by atoms with Gasteiger partial charge in [0.1, 0.15) is 0 Å². The summed E-state index contributed by atoms with van der Waals surface area (Å²) in [5.74, 6) is 0.469. The maximum atomic E-state index is 13.7. The second kappa shape index (κ2) is 11.4. The molecular weight excluding hydrogens is 468 g/mol. The van der Waals surface area contributed by atoms with Crippen molar-refractivity contribution in [2.75, 3.05) is 19.6 Å². The van der Waals surface area contributed by atoms with Gasteiger partial charge < -0.3 is 10.2 Å². The van der Waals surface area contributed by atoms with Crippen molar-refractivity contribution in [2.24, 2.45) is 0 Å². The SMILES string of the molecule is C[C@H](CNCCC(=O)N1CCc2nc(SC3CCC3)n(-c3ccccc3)c(=O)c2C1)c1ccccc1. The molecule has 3 aromatic rings. The van der Waals surface area contributed by atoms with E-state index < -0.39 is 0 Å². The van der Waals surface area contributed by atoms with E-state index in [0.717, 1.165) is 23.1 Å². The average Bonchev–Trinajstić information content (AvgIpc) is 2.89. The number of rotatable bonds is 9. The normalized spacial score (nSPS) is 16.3. The van der Waals surface area contributed by atoms with E-state index in [-0.39, 0.29) is 11.5 Å². The van der Waals surface area contributed by atoms with Crippen molar-refractivity contribution in [3.63, 3.8) is 0 Å². The zero-order valence-corrected chi connectivity index (χ0v) is 21.7. The van der Waals surface area contributed by atoms with Crippen molar-refractivity contribution in [3.05, 3.63) is 87.8 Å². The lowest BCUT2D eigenvalue weighted by molar-refractivity contribution is -0.132. The Labute approximate surface area is 217 Å². The summed E-state index contributed by atoms with van der Waals surface area (Å²) in [6.45, 7) is 4.59. The standard InChI is InChI=1S/C29H34N4O2S/c1-21(22-9-4-2-5-10-22)19-30-17-15-27(34)32-18-16-26-25(20-32)28(35)33(23-11-6-3-7-12-23)29(31-26)36-24-13-8-14-24/h2-7,9-12,21,24,30H,8,13-20H2,1H3/t21-/m1/s1. The van der Waals surface area contributed by atoms with Crippen LogP contribution in [0.4, 0.5) is 0 Å². The second-order valence-electron chi connectivity index (χ2n) is 9.80. The number of carbonyl (C=O) groups is 1. The number of hydrogen-bond acceptors (Lipinski definition) is 5. The average molecular weight is 503 g/mol. The van der Waals surface area contributed by atoms with Crippen LogP contribution in [-0.4, -0.2) is 45.2 Å². The van der Waals surface area contributed by atoms with Gasteiger partial charge in [-0.05, 0) is 36.5 Å². The molecule has 0 bridgehead atoms. The number of hydrogen-bond donors (Lipinski definition) is 1. The van der Waals surface area contributed by atoms with Crippen LogP contribution in [0.25, 0.3) is 5.69 Å². The van der Waals surface area contributed by atoms with E-state index in [0.29, 0.717) is 49.2 Å². The first-order valence-electron chi connectivity index (χ1n) is 13.0. The molecule has 2 aliphatic rings. The van der Waals surface area contributed by atoms with Gasteiger partial charge in [-0.1, -0.05) is 73.6 Å². The number of thioether (sulfide) groups is 1. The fourth-order valence-electron chi connectivity index (χ4n) is 4.76. The zero-order chi connectivity index (χ0) is 24.9. The summed E-state index contributed by atoms with van der Waals surface area (Å²) in [6.07, 6.45) is 4.64. The molecule has 6 nitrogen and oxygen atoms in total. The molecule has 1 aromatic heterocycles. The molecule has 1 fully saturated rings. The summed E-state index contributed by atoms with van der Waals surface area (Å²) in [6, 6.07) is 20.1. The third-order valence-electron chi connectivity index (χ3n) is 7.23. The number of fused-ring (bicyclic) bond motifs is 1. The number of benzene rings is 2. The van der Waals surface area contributed by atoms with Gasteiger partial charge in [0.25, 0.3) is 5.56 Å². The highest BCUT2D eigenvalue weighted by Crippen LogP contribution is 2.36. The molecule has 1 N–H and O–H groups in total. The summed E-state index contributed by atoms with van der Waals surface area (Å²) >= 11 is 1.72. The lowest BCUT2D eigenvalue weighted by Gasteiger charge is -2.30. The monoisotopic (exact) mass is 502 g/mol. The number of nitrogens with one attached hydrogen (secondary N) is 1. The molecule has 0 radical (unpaired) electrons. The highest BCUT2D eigenvalue weighted by molar-refractivity contribution is 7.99. The van der Waals surface area contributed by atoms with Crippen LogP contribution < -0.4 is 10.9 Å². The van der Waals surface area contributed by atoms with Gasteiger partial charge in [-0.3, -0.25) is 14.2 Å². The van der Waals surface area contributed by atoms with E-state index in [1.54, 1.807) is 16.3 Å². The van der Waals surface area contributed by atoms with E-state index in [9.17, 15) is 9.59 Å². The molecule has 1 aliphatic heterocycles. The second-order valence-corrected chi connectivity index (χ2v) is 11.1. The Morgan fingerprint density at radius 3 is 2.53 bits per heavy atom. The van der Waals surface area contributed by atoms with Gasteiger partial charge in [0.05, 0.1) is 23.5 Å². The Bertz CT molecular complexity index is 1240. The Kier molecular flexibility index (Phi) is 7.87. The van der Waals surface area contributed by atoms with E-state index in [1.807, 2.05) is 41.3 Å². The number of carbonyl (C=O) groups excluding carboxylic acids is 1. The third kappa shape index (κ3) is 5.57. The van der Waals surface area contributed by atoms with E-state index in [1.165, 1.54) is 24.8 Å². The third-order valence-corrected chi connectivity index (χ3v) is 8.51. The first-order valence-corrected chi connectivity index (χ1v) is 13.9. The summed E-state index contributed by atoms with van der Waals surface area (Å²) in [5.41, 5.74) is 3.59. The van der Waals surface area contributed by atoms with Crippen LogP contribution in [-0.2, 0) is 17.8 Å². The van der Waals surface area contributed by atoms with Crippen LogP contribution in [0.3, 0.4) is 0 Å². The quantitative estimate of drug-likeness (QED) is 0.344. The van der Waals surface area contributed by atoms with E-state index in [4.69, 9.17) is 4.98 Å². The minimum Gasteiger partial charge on any atom is -0.338 e. The van der Waals surface area contributed by atoms with Crippen molar-refractivity contribution >= 4 is 17.7 Å². The van der Waals surface area contributed by atoms with Crippen LogP contribution in [0.15, 0.2) is 70.6 Å². The van der Waals surface area contributed by atoms with Gasteiger partial charge in [0.2, 0.25) is 5.91 Å². The molecule has 2 aromatic carbocycles. The first kappa shape index (κ1) is 24.8. The number of nitrogens with zero attached hydrogens (tertiary/aromatic N) is 3. The maximum Gasteiger partial charge on any atom is 0.264 e. The van der Waals surface area contributed by atoms with Gasteiger partial charge in [0.15, 0.2) is 5.16 Å². The Hall–Kier alpha value is -2.90. The van der Waals surface area contributed by atoms with Gasteiger partial charge in [-0.25, -0.2) is 4.98 Å². The van der Waals surface area contributed by atoms with Gasteiger partial charge >= 0.3 is 0 Å². The first-order chi connectivity index (χ1) is 17.6. The molecule has 36 heavy (non-hydrogen) atoms. The van der Waals surface area contributed by atoms with Crippen molar-refractivity contribution in [3.8, 4) is 5.69 Å². The topological polar surface area (TPSA) is 67.2 Å². The highest BCUT2D eigenvalue weighted by atomic mass is 32.2. The number of aromatic nitrogens is 2. The number of para-hydroxylation sites is 1. The fraction of sp³-hybridized carbons (Fsp3) is 0.414. The number of amides is 1. The van der Waals surface area contributed by atoms with Gasteiger partial charge in [-0.2, -0.15) is 0 Å². The zero-order valence-electron chi connectivity index (χ0n) is 20.9. The predicted molar refractivity (Wildman–Crippen MR) is 145 cm³/mol. The lowest BCUT2D eigenvalue weighted by atomic mass is 10.0. The molecule has 0 unspecified atom stereocenters. The Morgan fingerprint density at radius 2 is 1.83 bits per heavy atom. The lowest BCUT2D eigenvalue weighted by Crippen LogP contribution is -2.42. The van der Waals surface area contributed by atoms with Crippen molar-refractivity contribution in [1.82, 2.24) is 19.8 Å². The van der Waals surface area contributed by atoms with Crippen molar-refractivity contribution in [2.45, 2.75) is 61.9 Å². The molecule has 1 amide bonds. The van der Waals surface area contributed by atoms with Crippen LogP contribution in [0.5, 0.6) is 0 Å². The molecule has 1 atom stereocenters. The van der Waals surface area contributed by atoms with Crippen molar-refractivity contribution in [1.29, 1.82) is 0 Å². The summed E-state index contributed by atoms with van der Waals surface area (Å²) in [7, 11) is 0. The molecule has 5 rings (SSSR count). The molecule has 0 saturated heterocycles. The molecule has 188 valence electrons. The summed E-state index contributed by atoms with van der Waals surface area (Å²) in [4.78, 5) is 33.5. The Morgan fingerprint density at radius 1 is 1.11 bits per heavy atom. The highest BCUT2D eigenvalue weighted by Gasteiger charge is 2.28. The minimum atomic E-state index is -0.0414. The van der Waals surface area contributed by atoms with E-state index >= 15 is 0 Å². The summed E-state index contributed by atoms with van der Waals surface area (Å²) < 4.78 is 1.75. The molecular formula is C29H34N4O2S. The summed E-state index contributed by atoms with van der Waals surface area (Å²) in [5, 5.41) is 4.74. The van der Waals surface area contributed by atoms with Crippen LogP contribution in [0.2, 0.25) is 0 Å². The van der Waals surface area contributed by atoms with Gasteiger partial charge in [0, 0.05) is 37.7 Å². The van der Waals surface area contributed by atoms with Crippen molar-refractivity contribution < 1.29 is 4.79 Å². The smallest absolute Gasteiger partial charge is 0.264 e. The molecule has 0 spiro atoms. The van der Waals surface area contributed by atoms with E-state index in [2.05, 4.69) is 36.5 Å². The fourth-order valence-corrected chi connectivity index (χ4v) is 6.08. The Balaban J connectivity index is 1.25. The molecule has 1 aliphatic carbocycles. The largest absolute Gasteiger partial charge is 0.338 e. The maximum absolute atomic E-state index is 13.7. The molecule has 1 saturated carbocycles. The minimum absolute atomic E-state index is 0.0414. The molecule has 2 heterocycles.